The smallest absolute Gasteiger partial charge is 0.306 e. The zero-order valence-corrected chi connectivity index (χ0v) is 26.0. The topological polar surface area (TPSA) is 124 Å². The summed E-state index contributed by atoms with van der Waals surface area (Å²) in [5, 5.41) is 23.1. The minimum atomic E-state index is -1.26. The number of allylic oxidation sites excluding steroid dienone is 2. The lowest BCUT2D eigenvalue weighted by Crippen LogP contribution is -2.67. The number of esters is 1. The molecule has 228 valence electrons. The standard InChI is InChI=1S/C34H50O7/c1-29(2)23-10-13-34(7)27(32(23,5)12-11-24(29)41-26(38)9-8-25(36)37)22(35)18-20-21-19-31(4,28(39)40)15-14-30(21,3)16-17-33(20,34)6/h18,21,23-24,27H,8-17,19H2,1-7H3,(H,36,37)(H,39,40)/p-2/t21-,23?,24-,27?,30+,31-,32-,33+,34+/m0/s1. The number of carbonyl (C=O) groups excluding carboxylic acids is 4. The van der Waals surface area contributed by atoms with Gasteiger partial charge in [-0.25, -0.2) is 0 Å². The first-order valence-electron chi connectivity index (χ1n) is 15.7. The van der Waals surface area contributed by atoms with Crippen molar-refractivity contribution < 1.29 is 34.1 Å². The summed E-state index contributed by atoms with van der Waals surface area (Å²) in [4.78, 5) is 50.0. The van der Waals surface area contributed by atoms with E-state index in [-0.39, 0.29) is 69.6 Å². The molecule has 0 aromatic carbocycles. The lowest BCUT2D eigenvalue weighted by atomic mass is 9.33. The van der Waals surface area contributed by atoms with Crippen molar-refractivity contribution in [2.45, 2.75) is 125 Å². The van der Waals surface area contributed by atoms with Crippen LogP contribution < -0.4 is 10.2 Å². The van der Waals surface area contributed by atoms with Crippen LogP contribution in [0.3, 0.4) is 0 Å². The number of ketones is 1. The van der Waals surface area contributed by atoms with Gasteiger partial charge in [0.2, 0.25) is 0 Å². The molecule has 0 aliphatic heterocycles. The summed E-state index contributed by atoms with van der Waals surface area (Å²) in [5.41, 5.74) is -0.823. The number of aliphatic carboxylic acids is 2. The molecule has 0 amide bonds. The minimum absolute atomic E-state index is 0.00842. The van der Waals surface area contributed by atoms with Crippen molar-refractivity contribution in [3.63, 3.8) is 0 Å². The zero-order chi connectivity index (χ0) is 30.4. The van der Waals surface area contributed by atoms with E-state index in [0.29, 0.717) is 19.3 Å². The lowest BCUT2D eigenvalue weighted by molar-refractivity contribution is -0.321. The molecular formula is C34H48O7-2. The Morgan fingerprint density at radius 3 is 2.17 bits per heavy atom. The number of ether oxygens (including phenoxy) is 1. The third kappa shape index (κ3) is 4.25. The van der Waals surface area contributed by atoms with Crippen LogP contribution in [0, 0.1) is 50.2 Å². The van der Waals surface area contributed by atoms with E-state index < -0.39 is 23.3 Å². The Balaban J connectivity index is 1.49. The average Bonchev–Trinajstić information content (AvgIpc) is 2.86. The van der Waals surface area contributed by atoms with E-state index in [2.05, 4.69) is 41.5 Å². The van der Waals surface area contributed by atoms with Crippen molar-refractivity contribution in [2.24, 2.45) is 50.2 Å². The highest BCUT2D eigenvalue weighted by atomic mass is 16.5. The fourth-order valence-electron chi connectivity index (χ4n) is 11.0. The maximum absolute atomic E-state index is 14.4. The van der Waals surface area contributed by atoms with Crippen LogP contribution in [-0.2, 0) is 23.9 Å². The molecule has 5 aliphatic rings. The van der Waals surface area contributed by atoms with Gasteiger partial charge in [0, 0.05) is 28.7 Å². The number of hydrogen-bond donors (Lipinski definition) is 0. The maximum atomic E-state index is 14.4. The predicted molar refractivity (Wildman–Crippen MR) is 149 cm³/mol. The largest absolute Gasteiger partial charge is 0.550 e. The molecule has 0 bridgehead atoms. The Morgan fingerprint density at radius 2 is 1.54 bits per heavy atom. The molecule has 0 N–H and O–H groups in total. The summed E-state index contributed by atoms with van der Waals surface area (Å²) in [6.45, 7) is 15.3. The minimum Gasteiger partial charge on any atom is -0.550 e. The van der Waals surface area contributed by atoms with Gasteiger partial charge < -0.3 is 24.5 Å². The number of hydrogen-bond acceptors (Lipinski definition) is 7. The van der Waals surface area contributed by atoms with Crippen molar-refractivity contribution >= 4 is 23.7 Å². The fourth-order valence-corrected chi connectivity index (χ4v) is 11.0. The molecule has 0 aromatic rings. The van der Waals surface area contributed by atoms with Crippen molar-refractivity contribution in [3.8, 4) is 0 Å². The normalized spacial score (nSPS) is 46.6. The van der Waals surface area contributed by atoms with E-state index in [9.17, 15) is 29.4 Å². The van der Waals surface area contributed by atoms with Gasteiger partial charge in [-0.2, -0.15) is 0 Å². The molecule has 4 fully saturated rings. The second-order valence-electron chi connectivity index (χ2n) is 16.3. The first kappa shape index (κ1) is 30.3. The highest BCUT2D eigenvalue weighted by Crippen LogP contribution is 2.75. The van der Waals surface area contributed by atoms with E-state index in [1.54, 1.807) is 0 Å². The summed E-state index contributed by atoms with van der Waals surface area (Å²) < 4.78 is 5.87. The summed E-state index contributed by atoms with van der Waals surface area (Å²) in [6, 6.07) is 0. The van der Waals surface area contributed by atoms with Gasteiger partial charge >= 0.3 is 5.97 Å². The van der Waals surface area contributed by atoms with Crippen LogP contribution >= 0.6 is 0 Å². The molecule has 7 nitrogen and oxygen atoms in total. The van der Waals surface area contributed by atoms with Crippen LogP contribution in [0.25, 0.3) is 0 Å². The van der Waals surface area contributed by atoms with Crippen molar-refractivity contribution in [3.05, 3.63) is 11.6 Å². The van der Waals surface area contributed by atoms with Gasteiger partial charge in [-0.1, -0.05) is 54.0 Å². The monoisotopic (exact) mass is 568 g/mol. The van der Waals surface area contributed by atoms with Gasteiger partial charge in [0.15, 0.2) is 5.78 Å². The van der Waals surface area contributed by atoms with Crippen molar-refractivity contribution in [1.82, 2.24) is 0 Å². The fraction of sp³-hybridized carbons (Fsp3) is 0.824. The van der Waals surface area contributed by atoms with Crippen LogP contribution in [-0.4, -0.2) is 29.8 Å². The SMILES string of the molecule is CC1(C)C2CC[C@]3(C)C(C(=O)C=C4[C@@H]5C[C@@](C)(C(=O)[O-])CC[C@]5(C)CC[C@]43C)[C@@]2(C)CC[C@@H]1OC(=O)CCC(=O)[O-]. The highest BCUT2D eigenvalue weighted by molar-refractivity contribution is 5.95. The second kappa shape index (κ2) is 9.41. The zero-order valence-electron chi connectivity index (χ0n) is 26.0. The molecule has 0 radical (unpaired) electrons. The van der Waals surface area contributed by atoms with E-state index in [1.807, 2.05) is 13.0 Å². The number of carboxylic acid groups (broad SMARTS) is 2. The summed E-state index contributed by atoms with van der Waals surface area (Å²) in [5.74, 6) is -2.53. The third-order valence-corrected chi connectivity index (χ3v) is 13.8. The Morgan fingerprint density at radius 1 is 0.878 bits per heavy atom. The van der Waals surface area contributed by atoms with Crippen LogP contribution in [0.4, 0.5) is 0 Å². The van der Waals surface area contributed by atoms with Crippen LogP contribution in [0.15, 0.2) is 11.6 Å². The Kier molecular flexibility index (Phi) is 6.95. The lowest BCUT2D eigenvalue weighted by Gasteiger charge is -2.70. The number of carboxylic acids is 2. The molecule has 5 rings (SSSR count). The molecule has 0 spiro atoms. The first-order chi connectivity index (χ1) is 18.8. The molecule has 7 heteroatoms. The second-order valence-corrected chi connectivity index (χ2v) is 16.3. The number of rotatable bonds is 5. The summed E-state index contributed by atoms with van der Waals surface area (Å²) in [6.07, 6.45) is 8.26. The molecule has 0 saturated heterocycles. The quantitative estimate of drug-likeness (QED) is 0.456. The van der Waals surface area contributed by atoms with Crippen LogP contribution in [0.2, 0.25) is 0 Å². The van der Waals surface area contributed by atoms with E-state index in [0.717, 1.165) is 38.5 Å². The molecule has 4 saturated carbocycles. The molecule has 2 unspecified atom stereocenters. The molecule has 0 aromatic heterocycles. The van der Waals surface area contributed by atoms with E-state index in [4.69, 9.17) is 4.74 Å². The number of fused-ring (bicyclic) bond motifs is 7. The molecule has 0 heterocycles. The van der Waals surface area contributed by atoms with Gasteiger partial charge in [0.1, 0.15) is 6.10 Å². The maximum Gasteiger partial charge on any atom is 0.306 e. The van der Waals surface area contributed by atoms with Gasteiger partial charge in [0.25, 0.3) is 0 Å². The van der Waals surface area contributed by atoms with Crippen molar-refractivity contribution in [1.29, 1.82) is 0 Å². The van der Waals surface area contributed by atoms with E-state index in [1.165, 1.54) is 5.57 Å². The van der Waals surface area contributed by atoms with Crippen molar-refractivity contribution in [2.75, 3.05) is 0 Å². The van der Waals surface area contributed by atoms with Gasteiger partial charge in [-0.3, -0.25) is 9.59 Å². The van der Waals surface area contributed by atoms with Gasteiger partial charge in [-0.05, 0) is 104 Å². The van der Waals surface area contributed by atoms with Crippen LogP contribution in [0.5, 0.6) is 0 Å². The van der Waals surface area contributed by atoms with Crippen LogP contribution in [0.1, 0.15) is 119 Å². The molecule has 41 heavy (non-hydrogen) atoms. The molecular weight excluding hydrogens is 520 g/mol. The summed E-state index contributed by atoms with van der Waals surface area (Å²) in [7, 11) is 0. The Bertz CT molecular complexity index is 1200. The Hall–Kier alpha value is -2.18. The third-order valence-electron chi connectivity index (χ3n) is 13.8. The average molecular weight is 569 g/mol. The van der Waals surface area contributed by atoms with Gasteiger partial charge in [0.05, 0.1) is 6.42 Å². The van der Waals surface area contributed by atoms with E-state index >= 15 is 0 Å². The first-order valence-corrected chi connectivity index (χ1v) is 15.7. The highest BCUT2D eigenvalue weighted by Gasteiger charge is 2.70. The molecule has 9 atom stereocenters. The van der Waals surface area contributed by atoms with Gasteiger partial charge in [-0.15, -0.1) is 0 Å². The predicted octanol–water partition coefficient (Wildman–Crippen LogP) is 4.16. The number of carbonyl (C=O) groups is 4. The Labute approximate surface area is 244 Å². The molecule has 5 aliphatic carbocycles. The summed E-state index contributed by atoms with van der Waals surface area (Å²) >= 11 is 0.